The van der Waals surface area contributed by atoms with Gasteiger partial charge in [-0.3, -0.25) is 9.59 Å². The Kier molecular flexibility index (Phi) is 5.11. The molecule has 0 aliphatic carbocycles. The molecule has 1 aromatic carbocycles. The zero-order chi connectivity index (χ0) is 17.9. The first-order chi connectivity index (χ1) is 11.2. The van der Waals surface area contributed by atoms with Gasteiger partial charge in [-0.1, -0.05) is 19.1 Å². The zero-order valence-corrected chi connectivity index (χ0v) is 13.2. The lowest BCUT2D eigenvalue weighted by molar-refractivity contribution is -0.137. The van der Waals surface area contributed by atoms with E-state index in [1.165, 1.54) is 24.4 Å². The minimum atomic E-state index is -4.52. The molecule has 0 aliphatic rings. The van der Waals surface area contributed by atoms with E-state index in [1.54, 1.807) is 0 Å². The van der Waals surface area contributed by atoms with Crippen LogP contribution >= 0.6 is 0 Å². The van der Waals surface area contributed by atoms with Crippen LogP contribution in [0.4, 0.5) is 13.2 Å². The number of halogens is 3. The van der Waals surface area contributed by atoms with Crippen LogP contribution < -0.4 is 5.32 Å². The summed E-state index contributed by atoms with van der Waals surface area (Å²) in [4.78, 5) is 27.0. The van der Waals surface area contributed by atoms with E-state index in [-0.39, 0.29) is 28.8 Å². The fraction of sp³-hybridized carbons (Fsp3) is 0.294. The number of hydrogen-bond acceptors (Lipinski definition) is 2. The maximum Gasteiger partial charge on any atom is 0.416 e. The van der Waals surface area contributed by atoms with E-state index >= 15 is 0 Å². The van der Waals surface area contributed by atoms with Gasteiger partial charge >= 0.3 is 6.18 Å². The Bertz CT molecular complexity index is 750. The summed E-state index contributed by atoms with van der Waals surface area (Å²) < 4.78 is 38.2. The van der Waals surface area contributed by atoms with Crippen LogP contribution in [-0.4, -0.2) is 22.7 Å². The van der Waals surface area contributed by atoms with Gasteiger partial charge in [0.1, 0.15) is 5.69 Å². The average molecular weight is 338 g/mol. The Hall–Kier alpha value is -2.57. The van der Waals surface area contributed by atoms with Gasteiger partial charge in [-0.2, -0.15) is 13.2 Å². The van der Waals surface area contributed by atoms with Crippen LogP contribution in [0.5, 0.6) is 0 Å². The molecule has 24 heavy (non-hydrogen) atoms. The van der Waals surface area contributed by atoms with Crippen LogP contribution in [0.25, 0.3) is 0 Å². The predicted molar refractivity (Wildman–Crippen MR) is 82.9 cm³/mol. The summed E-state index contributed by atoms with van der Waals surface area (Å²) >= 11 is 0. The molecule has 1 aromatic heterocycles. The van der Waals surface area contributed by atoms with Crippen LogP contribution in [-0.2, 0) is 6.18 Å². The third kappa shape index (κ3) is 4.04. The highest BCUT2D eigenvalue weighted by Crippen LogP contribution is 2.30. The molecular weight excluding hydrogens is 321 g/mol. The topological polar surface area (TPSA) is 62.0 Å². The molecule has 1 atom stereocenters. The molecule has 2 N–H and O–H groups in total. The molecule has 2 rings (SSSR count). The quantitative estimate of drug-likeness (QED) is 0.815. The van der Waals surface area contributed by atoms with Gasteiger partial charge in [0.05, 0.1) is 5.56 Å². The molecule has 0 bridgehead atoms. The number of hydrogen-bond donors (Lipinski definition) is 2. The molecule has 0 saturated carbocycles. The number of rotatable bonds is 5. The van der Waals surface area contributed by atoms with Gasteiger partial charge in [0.2, 0.25) is 0 Å². The van der Waals surface area contributed by atoms with E-state index in [0.717, 1.165) is 18.6 Å². The SMILES string of the molecule is CC[C@H](C)NC(=O)c1cc(C(=O)c2cccc(C(F)(F)F)c2)c[nH]1. The highest BCUT2D eigenvalue weighted by Gasteiger charge is 2.31. The second-order valence-corrected chi connectivity index (χ2v) is 5.49. The first-order valence-corrected chi connectivity index (χ1v) is 7.43. The van der Waals surface area contributed by atoms with E-state index in [4.69, 9.17) is 0 Å². The molecule has 0 fully saturated rings. The summed E-state index contributed by atoms with van der Waals surface area (Å²) in [5, 5.41) is 2.74. The lowest BCUT2D eigenvalue weighted by atomic mass is 10.0. The first-order valence-electron chi connectivity index (χ1n) is 7.43. The molecular formula is C17H17F3N2O2. The summed E-state index contributed by atoms with van der Waals surface area (Å²) in [6.07, 6.45) is -2.45. The van der Waals surface area contributed by atoms with Crippen LogP contribution in [0, 0.1) is 0 Å². The van der Waals surface area contributed by atoms with Crippen molar-refractivity contribution >= 4 is 11.7 Å². The minimum Gasteiger partial charge on any atom is -0.356 e. The van der Waals surface area contributed by atoms with Crippen LogP contribution in [0.1, 0.15) is 52.2 Å². The second kappa shape index (κ2) is 6.90. The van der Waals surface area contributed by atoms with Crippen molar-refractivity contribution in [3.63, 3.8) is 0 Å². The number of amides is 1. The van der Waals surface area contributed by atoms with Crippen LogP contribution in [0.2, 0.25) is 0 Å². The number of aromatic amines is 1. The van der Waals surface area contributed by atoms with Crippen molar-refractivity contribution in [3.8, 4) is 0 Å². The molecule has 128 valence electrons. The molecule has 0 aliphatic heterocycles. The second-order valence-electron chi connectivity index (χ2n) is 5.49. The Morgan fingerprint density at radius 1 is 1.21 bits per heavy atom. The molecule has 7 heteroatoms. The van der Waals surface area contributed by atoms with Crippen LogP contribution in [0.3, 0.4) is 0 Å². The molecule has 0 unspecified atom stereocenters. The van der Waals surface area contributed by atoms with Crippen LogP contribution in [0.15, 0.2) is 36.5 Å². The Morgan fingerprint density at radius 2 is 1.92 bits per heavy atom. The molecule has 1 amide bonds. The number of carbonyl (C=O) groups is 2. The third-order valence-corrected chi connectivity index (χ3v) is 3.63. The molecule has 2 aromatic rings. The van der Waals surface area contributed by atoms with Gasteiger partial charge in [0.15, 0.2) is 5.78 Å². The molecule has 0 saturated heterocycles. The van der Waals surface area contributed by atoms with Gasteiger partial charge in [-0.25, -0.2) is 0 Å². The lowest BCUT2D eigenvalue weighted by Crippen LogP contribution is -2.32. The van der Waals surface area contributed by atoms with Crippen molar-refractivity contribution in [3.05, 3.63) is 58.9 Å². The van der Waals surface area contributed by atoms with E-state index in [2.05, 4.69) is 10.3 Å². The lowest BCUT2D eigenvalue weighted by Gasteiger charge is -2.09. The number of carbonyl (C=O) groups excluding carboxylic acids is 2. The van der Waals surface area contributed by atoms with Gasteiger partial charge in [0.25, 0.3) is 5.91 Å². The Morgan fingerprint density at radius 3 is 2.54 bits per heavy atom. The summed E-state index contributed by atoms with van der Waals surface area (Å²) in [6, 6.07) is 5.50. The monoisotopic (exact) mass is 338 g/mol. The third-order valence-electron chi connectivity index (χ3n) is 3.63. The molecule has 0 radical (unpaired) electrons. The fourth-order valence-electron chi connectivity index (χ4n) is 2.06. The van der Waals surface area contributed by atoms with Gasteiger partial charge in [0, 0.05) is 23.4 Å². The van der Waals surface area contributed by atoms with Crippen molar-refractivity contribution in [2.24, 2.45) is 0 Å². The maximum absolute atomic E-state index is 12.7. The van der Waals surface area contributed by atoms with E-state index in [0.29, 0.717) is 0 Å². The fourth-order valence-corrected chi connectivity index (χ4v) is 2.06. The van der Waals surface area contributed by atoms with Crippen molar-refractivity contribution in [2.75, 3.05) is 0 Å². The summed E-state index contributed by atoms with van der Waals surface area (Å²) in [6.45, 7) is 3.76. The molecule has 0 spiro atoms. The highest BCUT2D eigenvalue weighted by molar-refractivity contribution is 6.10. The summed E-state index contributed by atoms with van der Waals surface area (Å²) in [7, 11) is 0. The first kappa shape index (κ1) is 17.8. The van der Waals surface area contributed by atoms with E-state index in [1.807, 2.05) is 13.8 Å². The highest BCUT2D eigenvalue weighted by atomic mass is 19.4. The van der Waals surface area contributed by atoms with Gasteiger partial charge in [-0.15, -0.1) is 0 Å². The average Bonchev–Trinajstić information content (AvgIpc) is 3.03. The maximum atomic E-state index is 12.7. The van der Waals surface area contributed by atoms with Crippen molar-refractivity contribution in [1.82, 2.24) is 10.3 Å². The van der Waals surface area contributed by atoms with Gasteiger partial charge < -0.3 is 10.3 Å². The molecule has 1 heterocycles. The van der Waals surface area contributed by atoms with Crippen molar-refractivity contribution in [1.29, 1.82) is 0 Å². The molecule has 4 nitrogen and oxygen atoms in total. The summed E-state index contributed by atoms with van der Waals surface area (Å²) in [5.41, 5.74) is -0.661. The minimum absolute atomic E-state index is 0.0246. The number of benzene rings is 1. The van der Waals surface area contributed by atoms with E-state index in [9.17, 15) is 22.8 Å². The van der Waals surface area contributed by atoms with Gasteiger partial charge in [-0.05, 0) is 31.5 Å². The van der Waals surface area contributed by atoms with Crippen molar-refractivity contribution < 1.29 is 22.8 Å². The number of nitrogens with one attached hydrogen (secondary N) is 2. The Balaban J connectivity index is 2.21. The zero-order valence-electron chi connectivity index (χ0n) is 13.2. The number of alkyl halides is 3. The number of aromatic nitrogens is 1. The predicted octanol–water partition coefficient (Wildman–Crippen LogP) is 3.79. The smallest absolute Gasteiger partial charge is 0.356 e. The standard InChI is InChI=1S/C17H17F3N2O2/c1-3-10(2)22-16(24)14-8-12(9-21-14)15(23)11-5-4-6-13(7-11)17(18,19)20/h4-10,21H,3H2,1-2H3,(H,22,24)/t10-/m0/s1. The number of H-pyrrole nitrogens is 1. The van der Waals surface area contributed by atoms with Crippen molar-refractivity contribution in [2.45, 2.75) is 32.5 Å². The largest absolute Gasteiger partial charge is 0.416 e. The van der Waals surface area contributed by atoms with E-state index < -0.39 is 17.5 Å². The Labute approximate surface area is 137 Å². The number of ketones is 1. The normalized spacial score (nSPS) is 12.7. The summed E-state index contributed by atoms with van der Waals surface area (Å²) in [5.74, 6) is -0.951.